The number of halogens is 1. The molecule has 0 radical (unpaired) electrons. The molecule has 2 aliphatic heterocycles. The lowest BCUT2D eigenvalue weighted by molar-refractivity contribution is -0.120. The Hall–Kier alpha value is -3.26. The summed E-state index contributed by atoms with van der Waals surface area (Å²) in [6.07, 6.45) is 0.766. The predicted molar refractivity (Wildman–Crippen MR) is 120 cm³/mol. The van der Waals surface area contributed by atoms with Crippen LogP contribution in [0, 0.1) is 11.2 Å². The summed E-state index contributed by atoms with van der Waals surface area (Å²) in [5.41, 5.74) is 6.76. The van der Waals surface area contributed by atoms with E-state index in [1.807, 2.05) is 20.8 Å². The molecule has 2 aromatic rings. The molecule has 2 heterocycles. The van der Waals surface area contributed by atoms with Gasteiger partial charge >= 0.3 is 0 Å². The van der Waals surface area contributed by atoms with E-state index in [4.69, 9.17) is 5.73 Å². The molecule has 2 aliphatic rings. The first kappa shape index (κ1) is 22.0. The van der Waals surface area contributed by atoms with Gasteiger partial charge < -0.3 is 21.7 Å². The van der Waals surface area contributed by atoms with E-state index in [0.717, 1.165) is 0 Å². The van der Waals surface area contributed by atoms with Crippen LogP contribution in [0.15, 0.2) is 36.4 Å². The van der Waals surface area contributed by atoms with E-state index >= 15 is 0 Å². The van der Waals surface area contributed by atoms with Crippen molar-refractivity contribution in [1.29, 1.82) is 0 Å². The van der Waals surface area contributed by atoms with Crippen molar-refractivity contribution in [3.05, 3.63) is 58.9 Å². The van der Waals surface area contributed by atoms with Gasteiger partial charge in [0, 0.05) is 23.5 Å². The van der Waals surface area contributed by atoms with Crippen molar-refractivity contribution in [2.75, 3.05) is 17.2 Å². The molecule has 3 amide bonds. The van der Waals surface area contributed by atoms with Gasteiger partial charge in [-0.15, -0.1) is 0 Å². The van der Waals surface area contributed by atoms with Crippen LogP contribution in [0.2, 0.25) is 0 Å². The van der Waals surface area contributed by atoms with Crippen LogP contribution in [-0.2, 0) is 21.4 Å². The van der Waals surface area contributed by atoms with Gasteiger partial charge in [0.2, 0.25) is 17.7 Å². The maximum atomic E-state index is 14.9. The van der Waals surface area contributed by atoms with Crippen molar-refractivity contribution in [3.63, 3.8) is 0 Å². The molecule has 1 fully saturated rings. The molecule has 2 aromatic carbocycles. The first-order valence-electron chi connectivity index (χ1n) is 10.6. The summed E-state index contributed by atoms with van der Waals surface area (Å²) < 4.78 is 14.9. The number of fused-ring (bicyclic) bond motifs is 2. The summed E-state index contributed by atoms with van der Waals surface area (Å²) in [6.45, 7) is 6.34. The Morgan fingerprint density at radius 2 is 1.91 bits per heavy atom. The number of nitrogens with one attached hydrogen (secondary N) is 3. The maximum Gasteiger partial charge on any atom is 0.248 e. The van der Waals surface area contributed by atoms with Crippen LogP contribution in [0.5, 0.6) is 0 Å². The Morgan fingerprint density at radius 3 is 2.53 bits per heavy atom. The van der Waals surface area contributed by atoms with Crippen LogP contribution in [0.3, 0.4) is 0 Å². The fraction of sp³-hybridized carbons (Fsp3) is 0.375. The highest BCUT2D eigenvalue weighted by atomic mass is 19.1. The Bertz CT molecular complexity index is 1110. The number of amides is 3. The SMILES string of the molecule is CC(C)(C)Cc1cc2c(cc1F)C1(CNC(C(=O)Nc3ccc(C(N)=O)cc3)C1)C(=O)N2. The molecule has 5 N–H and O–H groups in total. The molecular weight excluding hydrogens is 411 g/mol. The molecule has 4 rings (SSSR count). The van der Waals surface area contributed by atoms with Crippen molar-refractivity contribution in [2.45, 2.75) is 45.1 Å². The lowest BCUT2D eigenvalue weighted by Crippen LogP contribution is -2.36. The second-order valence-corrected chi connectivity index (χ2v) is 9.83. The molecule has 1 saturated heterocycles. The number of benzene rings is 2. The zero-order valence-electron chi connectivity index (χ0n) is 18.3. The molecule has 0 saturated carbocycles. The number of hydrogen-bond acceptors (Lipinski definition) is 4. The van der Waals surface area contributed by atoms with E-state index in [-0.39, 0.29) is 36.0 Å². The fourth-order valence-corrected chi connectivity index (χ4v) is 4.49. The Kier molecular flexibility index (Phi) is 5.29. The highest BCUT2D eigenvalue weighted by Gasteiger charge is 2.53. The van der Waals surface area contributed by atoms with E-state index in [1.165, 1.54) is 18.2 Å². The zero-order chi connectivity index (χ0) is 23.3. The van der Waals surface area contributed by atoms with Crippen LogP contribution in [0.25, 0.3) is 0 Å². The third-order valence-electron chi connectivity index (χ3n) is 6.06. The first-order valence-corrected chi connectivity index (χ1v) is 10.6. The van der Waals surface area contributed by atoms with Gasteiger partial charge in [0.25, 0.3) is 0 Å². The molecule has 1 spiro atoms. The third-order valence-corrected chi connectivity index (χ3v) is 6.06. The average molecular weight is 439 g/mol. The fourth-order valence-electron chi connectivity index (χ4n) is 4.49. The van der Waals surface area contributed by atoms with Gasteiger partial charge in [-0.05, 0) is 65.8 Å². The van der Waals surface area contributed by atoms with Crippen LogP contribution < -0.4 is 21.7 Å². The minimum atomic E-state index is -0.992. The van der Waals surface area contributed by atoms with Crippen LogP contribution >= 0.6 is 0 Å². The largest absolute Gasteiger partial charge is 0.366 e. The van der Waals surface area contributed by atoms with Gasteiger partial charge in [-0.2, -0.15) is 0 Å². The Morgan fingerprint density at radius 1 is 1.22 bits per heavy atom. The smallest absolute Gasteiger partial charge is 0.248 e. The number of nitrogens with two attached hydrogens (primary N) is 1. The zero-order valence-corrected chi connectivity index (χ0v) is 18.3. The Labute approximate surface area is 185 Å². The average Bonchev–Trinajstić information content (AvgIpc) is 3.25. The van der Waals surface area contributed by atoms with Crippen molar-refractivity contribution in [3.8, 4) is 0 Å². The standard InChI is InChI=1S/C24H27FN4O3/c1-23(2,3)10-14-8-18-16(9-17(14)25)24(22(32)29-18)11-19(27-12-24)21(31)28-15-6-4-13(5-7-15)20(26)30/h4-9,19,27H,10-12H2,1-3H3,(H2,26,30)(H,28,31)(H,29,32). The number of carbonyl (C=O) groups excluding carboxylic acids is 3. The molecule has 0 bridgehead atoms. The second-order valence-electron chi connectivity index (χ2n) is 9.83. The monoisotopic (exact) mass is 438 g/mol. The van der Waals surface area contributed by atoms with Crippen molar-refractivity contribution >= 4 is 29.1 Å². The maximum absolute atomic E-state index is 14.9. The van der Waals surface area contributed by atoms with E-state index < -0.39 is 17.4 Å². The number of rotatable bonds is 4. The van der Waals surface area contributed by atoms with Crippen molar-refractivity contribution in [1.82, 2.24) is 5.32 Å². The molecule has 7 nitrogen and oxygen atoms in total. The third kappa shape index (κ3) is 3.98. The second kappa shape index (κ2) is 7.70. The normalized spacial score (nSPS) is 22.0. The summed E-state index contributed by atoms with van der Waals surface area (Å²) in [5, 5.41) is 8.78. The molecule has 0 aromatic heterocycles. The summed E-state index contributed by atoms with van der Waals surface area (Å²) in [4.78, 5) is 36.9. The minimum absolute atomic E-state index is 0.0941. The molecule has 168 valence electrons. The lowest BCUT2D eigenvalue weighted by Gasteiger charge is -2.22. The quantitative estimate of drug-likeness (QED) is 0.588. The van der Waals surface area contributed by atoms with E-state index in [1.54, 1.807) is 18.2 Å². The molecule has 2 unspecified atom stereocenters. The summed E-state index contributed by atoms with van der Waals surface area (Å²) in [6, 6.07) is 8.77. The molecule has 2 atom stereocenters. The summed E-state index contributed by atoms with van der Waals surface area (Å²) in [5.74, 6) is -1.42. The van der Waals surface area contributed by atoms with Gasteiger partial charge in [-0.25, -0.2) is 4.39 Å². The number of carbonyl (C=O) groups is 3. The topological polar surface area (TPSA) is 113 Å². The van der Waals surface area contributed by atoms with E-state index in [0.29, 0.717) is 34.5 Å². The minimum Gasteiger partial charge on any atom is -0.366 e. The first-order chi connectivity index (χ1) is 15.0. The summed E-state index contributed by atoms with van der Waals surface area (Å²) in [7, 11) is 0. The highest BCUT2D eigenvalue weighted by molar-refractivity contribution is 6.08. The van der Waals surface area contributed by atoms with Gasteiger partial charge in [0.1, 0.15) is 5.82 Å². The van der Waals surface area contributed by atoms with Crippen molar-refractivity contribution in [2.24, 2.45) is 11.1 Å². The number of primary amides is 1. The van der Waals surface area contributed by atoms with Gasteiger partial charge in [-0.3, -0.25) is 14.4 Å². The highest BCUT2D eigenvalue weighted by Crippen LogP contribution is 2.45. The van der Waals surface area contributed by atoms with Gasteiger partial charge in [0.05, 0.1) is 11.5 Å². The van der Waals surface area contributed by atoms with E-state index in [2.05, 4.69) is 16.0 Å². The van der Waals surface area contributed by atoms with Crippen LogP contribution in [0.4, 0.5) is 15.8 Å². The van der Waals surface area contributed by atoms with Gasteiger partial charge in [-0.1, -0.05) is 20.8 Å². The van der Waals surface area contributed by atoms with Crippen LogP contribution in [0.1, 0.15) is 48.7 Å². The molecular formula is C24H27FN4O3. The molecule has 0 aliphatic carbocycles. The molecule has 32 heavy (non-hydrogen) atoms. The number of hydrogen-bond donors (Lipinski definition) is 4. The van der Waals surface area contributed by atoms with Gasteiger partial charge in [0.15, 0.2) is 0 Å². The lowest BCUT2D eigenvalue weighted by atomic mass is 9.78. The Balaban J connectivity index is 1.53. The summed E-state index contributed by atoms with van der Waals surface area (Å²) >= 11 is 0. The van der Waals surface area contributed by atoms with Crippen LogP contribution in [-0.4, -0.2) is 30.3 Å². The molecule has 8 heteroatoms. The van der Waals surface area contributed by atoms with Crippen molar-refractivity contribution < 1.29 is 18.8 Å². The van der Waals surface area contributed by atoms with E-state index in [9.17, 15) is 18.8 Å². The number of anilines is 2. The predicted octanol–water partition coefficient (Wildman–Crippen LogP) is 2.70.